The van der Waals surface area contributed by atoms with Gasteiger partial charge in [-0.25, -0.2) is 10.3 Å². The van der Waals surface area contributed by atoms with E-state index in [1.807, 2.05) is 4.90 Å². The van der Waals surface area contributed by atoms with Crippen LogP contribution < -0.4 is 10.4 Å². The number of esters is 2. The standard InChI is InChI=1S/C23H26N4O8/c1-15(28)33-11-9-27(10-12-34-16(2)29)20-7-8-21(22(14-20)26-35-17(3)30)25-24-19-6-4-5-18(13-19)23(31)32/h4-8,13-14,26H,9-12H2,1-3H3,(H,31,32). The highest BCUT2D eigenvalue weighted by atomic mass is 16.7. The molecule has 0 saturated heterocycles. The van der Waals surface area contributed by atoms with Crippen molar-refractivity contribution in [2.75, 3.05) is 36.7 Å². The Balaban J connectivity index is 2.33. The molecular formula is C23H26N4O8. The van der Waals surface area contributed by atoms with Gasteiger partial charge < -0.3 is 24.3 Å². The van der Waals surface area contributed by atoms with Crippen LogP contribution in [0.5, 0.6) is 0 Å². The number of hydrogen-bond acceptors (Lipinski definition) is 11. The highest BCUT2D eigenvalue weighted by Crippen LogP contribution is 2.32. The van der Waals surface area contributed by atoms with E-state index >= 15 is 0 Å². The SMILES string of the molecule is CC(=O)OCCN(CCOC(C)=O)c1ccc(N=Nc2cccc(C(=O)O)c2)c(NOC(C)=O)c1. The van der Waals surface area contributed by atoms with E-state index < -0.39 is 23.9 Å². The normalized spacial score (nSPS) is 10.5. The fourth-order valence-electron chi connectivity index (χ4n) is 2.80. The van der Waals surface area contributed by atoms with Gasteiger partial charge in [0.2, 0.25) is 0 Å². The van der Waals surface area contributed by atoms with Gasteiger partial charge in [0, 0.05) is 26.5 Å². The molecule has 0 unspecified atom stereocenters. The van der Waals surface area contributed by atoms with Crippen molar-refractivity contribution in [2.24, 2.45) is 10.2 Å². The maximum absolute atomic E-state index is 11.3. The number of aromatic carboxylic acids is 1. The molecule has 186 valence electrons. The van der Waals surface area contributed by atoms with E-state index in [2.05, 4.69) is 15.7 Å². The van der Waals surface area contributed by atoms with Gasteiger partial charge in [0.1, 0.15) is 24.6 Å². The van der Waals surface area contributed by atoms with Gasteiger partial charge in [-0.05, 0) is 36.4 Å². The lowest BCUT2D eigenvalue weighted by atomic mass is 10.2. The Labute approximate surface area is 201 Å². The van der Waals surface area contributed by atoms with Gasteiger partial charge in [0.25, 0.3) is 0 Å². The first kappa shape index (κ1) is 26.8. The van der Waals surface area contributed by atoms with Gasteiger partial charge in [-0.3, -0.25) is 14.4 Å². The number of azo groups is 1. The smallest absolute Gasteiger partial charge is 0.335 e. The number of hydrogen-bond donors (Lipinski definition) is 2. The van der Waals surface area contributed by atoms with Gasteiger partial charge in [-0.15, -0.1) is 5.11 Å². The van der Waals surface area contributed by atoms with Gasteiger partial charge in [0.15, 0.2) is 0 Å². The van der Waals surface area contributed by atoms with Crippen LogP contribution in [0, 0.1) is 0 Å². The number of carboxylic acids is 1. The maximum Gasteiger partial charge on any atom is 0.335 e. The van der Waals surface area contributed by atoms with Crippen molar-refractivity contribution in [1.29, 1.82) is 0 Å². The molecule has 0 atom stereocenters. The third kappa shape index (κ3) is 9.50. The average molecular weight is 486 g/mol. The Kier molecular flexibility index (Phi) is 10.2. The molecule has 0 spiro atoms. The Morgan fingerprint density at radius 1 is 0.886 bits per heavy atom. The zero-order valence-electron chi connectivity index (χ0n) is 19.5. The fourth-order valence-corrected chi connectivity index (χ4v) is 2.80. The van der Waals surface area contributed by atoms with E-state index in [0.717, 1.165) is 0 Å². The monoisotopic (exact) mass is 486 g/mol. The van der Waals surface area contributed by atoms with E-state index in [0.29, 0.717) is 35.8 Å². The lowest BCUT2D eigenvalue weighted by Crippen LogP contribution is -2.32. The molecule has 0 aliphatic heterocycles. The molecule has 35 heavy (non-hydrogen) atoms. The molecule has 0 aromatic heterocycles. The van der Waals surface area contributed by atoms with Crippen molar-refractivity contribution in [3.8, 4) is 0 Å². The highest BCUT2D eigenvalue weighted by molar-refractivity contribution is 5.88. The van der Waals surface area contributed by atoms with E-state index in [9.17, 15) is 19.2 Å². The maximum atomic E-state index is 11.3. The third-order valence-electron chi connectivity index (χ3n) is 4.35. The molecule has 12 heteroatoms. The van der Waals surface area contributed by atoms with E-state index in [4.69, 9.17) is 19.4 Å². The van der Waals surface area contributed by atoms with Gasteiger partial charge >= 0.3 is 23.9 Å². The van der Waals surface area contributed by atoms with Crippen LogP contribution in [0.1, 0.15) is 31.1 Å². The number of nitrogens with one attached hydrogen (secondary N) is 1. The van der Waals surface area contributed by atoms with Crippen molar-refractivity contribution in [2.45, 2.75) is 20.8 Å². The molecule has 0 heterocycles. The first-order valence-electron chi connectivity index (χ1n) is 10.5. The summed E-state index contributed by atoms with van der Waals surface area (Å²) in [5.41, 5.74) is 4.13. The van der Waals surface area contributed by atoms with Crippen LogP contribution in [0.4, 0.5) is 22.7 Å². The molecule has 0 aliphatic rings. The molecule has 0 radical (unpaired) electrons. The van der Waals surface area contributed by atoms with Gasteiger partial charge in [-0.2, -0.15) is 5.11 Å². The summed E-state index contributed by atoms with van der Waals surface area (Å²) in [7, 11) is 0. The molecule has 0 bridgehead atoms. The number of ether oxygens (including phenoxy) is 2. The molecule has 2 aromatic carbocycles. The van der Waals surface area contributed by atoms with Crippen LogP contribution in [-0.2, 0) is 28.7 Å². The Morgan fingerprint density at radius 3 is 2.11 bits per heavy atom. The van der Waals surface area contributed by atoms with Gasteiger partial charge in [0.05, 0.1) is 24.3 Å². The van der Waals surface area contributed by atoms with Crippen LogP contribution in [0.3, 0.4) is 0 Å². The van der Waals surface area contributed by atoms with Crippen molar-refractivity contribution in [3.63, 3.8) is 0 Å². The second-order valence-electron chi connectivity index (χ2n) is 7.12. The topological polar surface area (TPSA) is 156 Å². The minimum absolute atomic E-state index is 0.0614. The Morgan fingerprint density at radius 2 is 1.54 bits per heavy atom. The summed E-state index contributed by atoms with van der Waals surface area (Å²) in [5, 5.41) is 17.4. The number of rotatable bonds is 12. The molecule has 2 rings (SSSR count). The van der Waals surface area contributed by atoms with Crippen LogP contribution in [0.15, 0.2) is 52.7 Å². The molecule has 0 saturated carbocycles. The number of carboxylic acid groups (broad SMARTS) is 1. The second-order valence-corrected chi connectivity index (χ2v) is 7.12. The van der Waals surface area contributed by atoms with Crippen molar-refractivity contribution < 1.29 is 38.6 Å². The molecule has 0 aliphatic carbocycles. The molecule has 0 amide bonds. The van der Waals surface area contributed by atoms with Crippen LogP contribution in [0.25, 0.3) is 0 Å². The summed E-state index contributed by atoms with van der Waals surface area (Å²) < 4.78 is 10.0. The zero-order valence-corrected chi connectivity index (χ0v) is 19.5. The fraction of sp³-hybridized carbons (Fsp3) is 0.304. The Hall–Kier alpha value is -4.48. The minimum Gasteiger partial charge on any atom is -0.478 e. The Bertz CT molecular complexity index is 1080. The third-order valence-corrected chi connectivity index (χ3v) is 4.35. The highest BCUT2D eigenvalue weighted by Gasteiger charge is 2.13. The van der Waals surface area contributed by atoms with Crippen LogP contribution >= 0.6 is 0 Å². The summed E-state index contributed by atoms with van der Waals surface area (Å²) in [5.74, 6) is -2.53. The molecule has 2 N–H and O–H groups in total. The zero-order chi connectivity index (χ0) is 25.8. The predicted molar refractivity (Wildman–Crippen MR) is 125 cm³/mol. The molecule has 0 fully saturated rings. The van der Waals surface area contributed by atoms with Crippen LogP contribution in [0.2, 0.25) is 0 Å². The average Bonchev–Trinajstić information content (AvgIpc) is 2.80. The van der Waals surface area contributed by atoms with Crippen molar-refractivity contribution >= 4 is 46.6 Å². The lowest BCUT2D eigenvalue weighted by Gasteiger charge is -2.25. The summed E-state index contributed by atoms with van der Waals surface area (Å²) in [6.45, 7) is 4.63. The molecule has 12 nitrogen and oxygen atoms in total. The summed E-state index contributed by atoms with van der Waals surface area (Å²) in [6, 6.07) is 10.9. The minimum atomic E-state index is -1.09. The van der Waals surface area contributed by atoms with Crippen LogP contribution in [-0.4, -0.2) is 55.3 Å². The second kappa shape index (κ2) is 13.3. The first-order valence-corrected chi connectivity index (χ1v) is 10.5. The number of carbonyl (C=O) groups excluding carboxylic acids is 3. The first-order chi connectivity index (χ1) is 16.7. The van der Waals surface area contributed by atoms with E-state index in [1.54, 1.807) is 30.3 Å². The predicted octanol–water partition coefficient (Wildman–Crippen LogP) is 3.62. The number of nitrogens with zero attached hydrogens (tertiary/aromatic N) is 3. The van der Waals surface area contributed by atoms with E-state index in [1.165, 1.54) is 32.9 Å². The summed E-state index contributed by atoms with van der Waals surface area (Å²) in [4.78, 5) is 51.5. The lowest BCUT2D eigenvalue weighted by molar-refractivity contribution is -0.141. The number of benzene rings is 2. The number of carbonyl (C=O) groups is 4. The van der Waals surface area contributed by atoms with E-state index in [-0.39, 0.29) is 18.8 Å². The number of anilines is 2. The summed E-state index contributed by atoms with van der Waals surface area (Å²) in [6.07, 6.45) is 0. The largest absolute Gasteiger partial charge is 0.478 e. The molecule has 2 aromatic rings. The molecular weight excluding hydrogens is 460 g/mol. The quantitative estimate of drug-likeness (QED) is 0.196. The summed E-state index contributed by atoms with van der Waals surface area (Å²) >= 11 is 0. The van der Waals surface area contributed by atoms with Crippen molar-refractivity contribution in [1.82, 2.24) is 0 Å². The van der Waals surface area contributed by atoms with Gasteiger partial charge in [-0.1, -0.05) is 6.07 Å². The van der Waals surface area contributed by atoms with Crippen molar-refractivity contribution in [3.05, 3.63) is 48.0 Å².